The van der Waals surface area contributed by atoms with Crippen LogP contribution in [0.2, 0.25) is 0 Å². The van der Waals surface area contributed by atoms with E-state index in [1.165, 1.54) is 16.7 Å². The van der Waals surface area contributed by atoms with E-state index in [4.69, 9.17) is 4.74 Å². The minimum atomic E-state index is -0.222. The number of carbonyl (C=O) groups excluding carboxylic acids is 1. The van der Waals surface area contributed by atoms with Crippen LogP contribution >= 0.6 is 0 Å². The molecule has 0 spiro atoms. The lowest BCUT2D eigenvalue weighted by Crippen LogP contribution is -2.45. The average molecular weight is 455 g/mol. The Morgan fingerprint density at radius 2 is 1.76 bits per heavy atom. The van der Waals surface area contributed by atoms with Gasteiger partial charge in [-0.25, -0.2) is 0 Å². The number of aryl methyl sites for hydroxylation is 1. The Balaban J connectivity index is 1.39. The van der Waals surface area contributed by atoms with Gasteiger partial charge in [0.1, 0.15) is 11.5 Å². The molecule has 0 heterocycles. The fourth-order valence-corrected chi connectivity index (χ4v) is 7.50. The molecule has 3 heteroatoms. The molecule has 3 nitrogen and oxygen atoms in total. The fraction of sp³-hybridized carbons (Fsp3) is 0.452. The van der Waals surface area contributed by atoms with E-state index in [9.17, 15) is 9.90 Å². The highest BCUT2D eigenvalue weighted by Crippen LogP contribution is 2.63. The second-order valence-corrected chi connectivity index (χ2v) is 11.1. The first-order valence-corrected chi connectivity index (χ1v) is 12.9. The van der Waals surface area contributed by atoms with Crippen LogP contribution in [0, 0.1) is 24.2 Å². The maximum absolute atomic E-state index is 12.2. The zero-order chi connectivity index (χ0) is 23.4. The summed E-state index contributed by atoms with van der Waals surface area (Å²) in [6.07, 6.45) is 8.35. The maximum atomic E-state index is 12.2. The van der Waals surface area contributed by atoms with E-state index in [0.717, 1.165) is 55.6 Å². The Hall–Kier alpha value is -2.65. The molecule has 176 valence electrons. The zero-order valence-corrected chi connectivity index (χ0v) is 20.2. The third kappa shape index (κ3) is 3.48. The van der Waals surface area contributed by atoms with Crippen molar-refractivity contribution >= 4 is 5.78 Å². The van der Waals surface area contributed by atoms with Gasteiger partial charge in [0, 0.05) is 12.3 Å². The second kappa shape index (κ2) is 8.23. The van der Waals surface area contributed by atoms with Gasteiger partial charge in [-0.3, -0.25) is 4.79 Å². The van der Waals surface area contributed by atoms with Crippen molar-refractivity contribution in [1.82, 2.24) is 0 Å². The number of ether oxygens (including phenoxy) is 1. The van der Waals surface area contributed by atoms with Gasteiger partial charge in [-0.15, -0.1) is 0 Å². The number of hydrogen-bond donors (Lipinski definition) is 1. The van der Waals surface area contributed by atoms with E-state index in [1.54, 1.807) is 5.57 Å². The number of allylic oxidation sites excluding steroid dienone is 4. The first-order valence-electron chi connectivity index (χ1n) is 12.9. The number of fused-ring (bicyclic) bond motifs is 4. The van der Waals surface area contributed by atoms with Gasteiger partial charge in [-0.1, -0.05) is 42.8 Å². The van der Waals surface area contributed by atoms with Crippen molar-refractivity contribution in [1.29, 1.82) is 0 Å². The number of ketones is 1. The summed E-state index contributed by atoms with van der Waals surface area (Å²) < 4.78 is 6.16. The van der Waals surface area contributed by atoms with Crippen LogP contribution in [0.15, 0.2) is 71.3 Å². The van der Waals surface area contributed by atoms with Crippen LogP contribution in [0.3, 0.4) is 0 Å². The summed E-state index contributed by atoms with van der Waals surface area (Å²) in [7, 11) is 0. The van der Waals surface area contributed by atoms with E-state index in [1.807, 2.05) is 24.3 Å². The molecule has 4 unspecified atom stereocenters. The molecule has 2 saturated carbocycles. The molecule has 0 amide bonds. The van der Waals surface area contributed by atoms with Gasteiger partial charge in [-0.2, -0.15) is 0 Å². The Kier molecular flexibility index (Phi) is 5.29. The van der Waals surface area contributed by atoms with Crippen molar-refractivity contribution in [2.24, 2.45) is 17.3 Å². The number of carbonyl (C=O) groups is 1. The van der Waals surface area contributed by atoms with E-state index >= 15 is 0 Å². The number of rotatable bonds is 3. The molecule has 0 saturated heterocycles. The highest BCUT2D eigenvalue weighted by molar-refractivity contribution is 5.93. The van der Waals surface area contributed by atoms with Crippen LogP contribution < -0.4 is 4.74 Å². The molecule has 34 heavy (non-hydrogen) atoms. The van der Waals surface area contributed by atoms with Crippen LogP contribution in [-0.4, -0.2) is 17.0 Å². The Labute approximate surface area is 202 Å². The monoisotopic (exact) mass is 454 g/mol. The van der Waals surface area contributed by atoms with E-state index in [2.05, 4.69) is 44.2 Å². The standard InChI is InChI=1S/C31H34O3/c1-19-5-3-4-6-28(19)34-23-11-7-20(8-12-23)26-18-31(2)27(15-16-29(31)33)25-13-9-21-17-22(32)10-14-24(21)30(25)26/h3-8,11-12,17,25-27,29,33H,9-10,13-16,18H2,1-2H3/t25?,26-,27?,29?,31?/m1/s1. The number of para-hydroxylation sites is 1. The average Bonchev–Trinajstić information content (AvgIpc) is 3.14. The number of aliphatic hydroxyl groups is 1. The lowest BCUT2D eigenvalue weighted by molar-refractivity contribution is -0.114. The van der Waals surface area contributed by atoms with Gasteiger partial charge in [-0.05, 0) is 109 Å². The van der Waals surface area contributed by atoms with Crippen molar-refractivity contribution in [2.75, 3.05) is 0 Å². The summed E-state index contributed by atoms with van der Waals surface area (Å²) in [5, 5.41) is 11.0. The predicted octanol–water partition coefficient (Wildman–Crippen LogP) is 7.05. The smallest absolute Gasteiger partial charge is 0.156 e. The van der Waals surface area contributed by atoms with Gasteiger partial charge in [0.2, 0.25) is 0 Å². The summed E-state index contributed by atoms with van der Waals surface area (Å²) in [6, 6.07) is 16.7. The molecule has 0 aliphatic heterocycles. The van der Waals surface area contributed by atoms with Crippen molar-refractivity contribution < 1.29 is 14.6 Å². The van der Waals surface area contributed by atoms with Gasteiger partial charge in [0.25, 0.3) is 0 Å². The summed E-state index contributed by atoms with van der Waals surface area (Å²) in [5.74, 6) is 3.37. The summed E-state index contributed by atoms with van der Waals surface area (Å²) in [6.45, 7) is 4.39. The van der Waals surface area contributed by atoms with Crippen LogP contribution in [0.5, 0.6) is 11.5 Å². The minimum absolute atomic E-state index is 0.0403. The highest BCUT2D eigenvalue weighted by atomic mass is 16.5. The molecule has 2 fully saturated rings. The molecular formula is C31H34O3. The van der Waals surface area contributed by atoms with Gasteiger partial charge < -0.3 is 9.84 Å². The molecule has 4 aliphatic rings. The molecule has 2 aromatic rings. The van der Waals surface area contributed by atoms with Crippen LogP contribution in [0.4, 0.5) is 0 Å². The first kappa shape index (κ1) is 21.9. The van der Waals surface area contributed by atoms with E-state index in [-0.39, 0.29) is 17.3 Å². The highest BCUT2D eigenvalue weighted by Gasteiger charge is 2.56. The minimum Gasteiger partial charge on any atom is -0.457 e. The normalized spacial score (nSPS) is 32.6. The maximum Gasteiger partial charge on any atom is 0.156 e. The van der Waals surface area contributed by atoms with Crippen molar-refractivity contribution in [3.05, 3.63) is 82.5 Å². The quantitative estimate of drug-likeness (QED) is 0.541. The van der Waals surface area contributed by atoms with Crippen molar-refractivity contribution in [3.8, 4) is 11.5 Å². The summed E-state index contributed by atoms with van der Waals surface area (Å²) in [4.78, 5) is 12.2. The molecule has 5 atom stereocenters. The topological polar surface area (TPSA) is 46.5 Å². The number of aliphatic hydroxyl groups excluding tert-OH is 1. The summed E-state index contributed by atoms with van der Waals surface area (Å²) >= 11 is 0. The van der Waals surface area contributed by atoms with E-state index < -0.39 is 0 Å². The van der Waals surface area contributed by atoms with Crippen molar-refractivity contribution in [3.63, 3.8) is 0 Å². The first-order chi connectivity index (χ1) is 16.4. The number of benzene rings is 2. The van der Waals surface area contributed by atoms with Gasteiger partial charge in [0.15, 0.2) is 5.78 Å². The van der Waals surface area contributed by atoms with Crippen molar-refractivity contribution in [2.45, 2.75) is 70.8 Å². The van der Waals surface area contributed by atoms with Crippen LogP contribution in [0.25, 0.3) is 0 Å². The van der Waals surface area contributed by atoms with Gasteiger partial charge >= 0.3 is 0 Å². The third-order valence-corrected chi connectivity index (χ3v) is 9.29. The molecular weight excluding hydrogens is 420 g/mol. The van der Waals surface area contributed by atoms with Gasteiger partial charge in [0.05, 0.1) is 6.10 Å². The molecule has 6 rings (SSSR count). The molecule has 0 aromatic heterocycles. The molecule has 2 aromatic carbocycles. The Morgan fingerprint density at radius 1 is 0.971 bits per heavy atom. The zero-order valence-electron chi connectivity index (χ0n) is 20.2. The van der Waals surface area contributed by atoms with Crippen LogP contribution in [-0.2, 0) is 4.79 Å². The molecule has 0 radical (unpaired) electrons. The lowest BCUT2D eigenvalue weighted by atomic mass is 9.53. The molecule has 1 N–H and O–H groups in total. The second-order valence-electron chi connectivity index (χ2n) is 11.1. The number of hydrogen-bond acceptors (Lipinski definition) is 3. The fourth-order valence-electron chi connectivity index (χ4n) is 7.50. The largest absolute Gasteiger partial charge is 0.457 e. The Bertz CT molecular complexity index is 1190. The lowest BCUT2D eigenvalue weighted by Gasteiger charge is -2.52. The SMILES string of the molecule is Cc1ccccc1Oc1ccc([C@H]2CC3(C)C(O)CCC3C3CCC4=CC(=O)CCC4=C32)cc1. The van der Waals surface area contributed by atoms with Crippen LogP contribution in [0.1, 0.15) is 68.9 Å². The predicted molar refractivity (Wildman–Crippen MR) is 134 cm³/mol. The molecule has 4 aliphatic carbocycles. The van der Waals surface area contributed by atoms with E-state index in [0.29, 0.717) is 24.2 Å². The third-order valence-electron chi connectivity index (χ3n) is 9.29. The molecule has 0 bridgehead atoms. The summed E-state index contributed by atoms with van der Waals surface area (Å²) in [5.41, 5.74) is 6.71. The Morgan fingerprint density at radius 3 is 2.56 bits per heavy atom.